The lowest BCUT2D eigenvalue weighted by molar-refractivity contribution is 0.164. The van der Waals surface area contributed by atoms with Crippen molar-refractivity contribution in [2.24, 2.45) is 15.5 Å². The average Bonchev–Trinajstić information content (AvgIpc) is 3.01. The van der Waals surface area contributed by atoms with Crippen LogP contribution in [0.25, 0.3) is 10.4 Å². The number of nitrogens with one attached hydrogen (secondary N) is 1. The standard InChI is InChI=1S/C11H14N6O3S/c12-16-13-6-1-7-14-21(18,19)10-4-2-9(3-5-10)11-8-20-17-15-11/h2-5,11,14H,1,6-8H2. The molecular formula is C11H14N6O3S. The first-order valence-electron chi connectivity index (χ1n) is 6.26. The number of azide groups is 1. The maximum Gasteiger partial charge on any atom is 0.240 e. The van der Waals surface area contributed by atoms with Gasteiger partial charge >= 0.3 is 0 Å². The van der Waals surface area contributed by atoms with Crippen molar-refractivity contribution in [2.45, 2.75) is 17.4 Å². The highest BCUT2D eigenvalue weighted by Crippen LogP contribution is 2.23. The summed E-state index contributed by atoms with van der Waals surface area (Å²) in [6.07, 6.45) is 0.446. The predicted octanol–water partition coefficient (Wildman–Crippen LogP) is 2.10. The fourth-order valence-corrected chi connectivity index (χ4v) is 2.82. The lowest BCUT2D eigenvalue weighted by Crippen LogP contribution is -2.25. The van der Waals surface area contributed by atoms with Crippen molar-refractivity contribution in [1.29, 1.82) is 0 Å². The summed E-state index contributed by atoms with van der Waals surface area (Å²) in [6.45, 7) is 0.835. The van der Waals surface area contributed by atoms with Crippen LogP contribution in [-0.4, -0.2) is 28.1 Å². The van der Waals surface area contributed by atoms with Crippen molar-refractivity contribution in [2.75, 3.05) is 19.7 Å². The van der Waals surface area contributed by atoms with Crippen LogP contribution in [0.4, 0.5) is 0 Å². The first kappa shape index (κ1) is 15.2. The fraction of sp³-hybridized carbons (Fsp3) is 0.455. The molecule has 0 spiro atoms. The zero-order chi connectivity index (χ0) is 15.1. The van der Waals surface area contributed by atoms with E-state index in [1.165, 1.54) is 12.1 Å². The smallest absolute Gasteiger partial charge is 0.240 e. The molecule has 1 N–H and O–H groups in total. The first-order valence-corrected chi connectivity index (χ1v) is 7.74. The number of sulfonamides is 1. The Balaban J connectivity index is 1.96. The third-order valence-electron chi connectivity index (χ3n) is 2.84. The zero-order valence-corrected chi connectivity index (χ0v) is 11.9. The highest BCUT2D eigenvalue weighted by molar-refractivity contribution is 7.89. The molecule has 112 valence electrons. The van der Waals surface area contributed by atoms with Gasteiger partial charge in [0.25, 0.3) is 0 Å². The van der Waals surface area contributed by atoms with E-state index in [0.29, 0.717) is 13.0 Å². The Morgan fingerprint density at radius 1 is 1.43 bits per heavy atom. The minimum atomic E-state index is -3.56. The Kier molecular flexibility index (Phi) is 5.09. The molecule has 0 bridgehead atoms. The van der Waals surface area contributed by atoms with E-state index in [4.69, 9.17) is 10.4 Å². The zero-order valence-electron chi connectivity index (χ0n) is 11.1. The predicted molar refractivity (Wildman–Crippen MR) is 73.8 cm³/mol. The van der Waals surface area contributed by atoms with Gasteiger partial charge in [0.2, 0.25) is 10.0 Å². The molecule has 1 aromatic rings. The molecule has 21 heavy (non-hydrogen) atoms. The Hall–Kier alpha value is -2.16. The summed E-state index contributed by atoms with van der Waals surface area (Å²) in [5, 5.41) is 10.6. The molecule has 0 amide bonds. The summed E-state index contributed by atoms with van der Waals surface area (Å²) < 4.78 is 26.5. The lowest BCUT2D eigenvalue weighted by atomic mass is 10.1. The quantitative estimate of drug-likeness (QED) is 0.358. The van der Waals surface area contributed by atoms with Crippen LogP contribution < -0.4 is 4.72 Å². The van der Waals surface area contributed by atoms with E-state index < -0.39 is 10.0 Å². The molecule has 9 nitrogen and oxygen atoms in total. The maximum absolute atomic E-state index is 12.0. The minimum absolute atomic E-state index is 0.172. The average molecular weight is 310 g/mol. The SMILES string of the molecule is [N-]=[N+]=NCCCNS(=O)(=O)c1ccc(C2CON=N2)cc1. The second-order valence-corrected chi connectivity index (χ2v) is 6.05. The Morgan fingerprint density at radius 2 is 2.19 bits per heavy atom. The Labute approximate surface area is 121 Å². The van der Waals surface area contributed by atoms with Gasteiger partial charge in [0.1, 0.15) is 12.6 Å². The van der Waals surface area contributed by atoms with E-state index in [1.54, 1.807) is 12.1 Å². The molecule has 2 rings (SSSR count). The number of hydrogen-bond donors (Lipinski definition) is 1. The van der Waals surface area contributed by atoms with Gasteiger partial charge in [0, 0.05) is 23.3 Å². The summed E-state index contributed by atoms with van der Waals surface area (Å²) >= 11 is 0. The van der Waals surface area contributed by atoms with Crippen molar-refractivity contribution in [1.82, 2.24) is 4.72 Å². The van der Waals surface area contributed by atoms with Gasteiger partial charge in [-0.2, -0.15) is 0 Å². The molecule has 1 aliphatic rings. The third-order valence-corrected chi connectivity index (χ3v) is 4.32. The van der Waals surface area contributed by atoms with E-state index in [9.17, 15) is 8.42 Å². The van der Waals surface area contributed by atoms with Crippen molar-refractivity contribution in [3.63, 3.8) is 0 Å². The largest absolute Gasteiger partial charge is 0.377 e. The minimum Gasteiger partial charge on any atom is -0.377 e. The number of rotatable bonds is 7. The first-order chi connectivity index (χ1) is 10.1. The van der Waals surface area contributed by atoms with Gasteiger partial charge < -0.3 is 4.84 Å². The van der Waals surface area contributed by atoms with Crippen LogP contribution in [0.1, 0.15) is 18.0 Å². The fourth-order valence-electron chi connectivity index (χ4n) is 1.74. The number of nitrogens with zero attached hydrogens (tertiary/aromatic N) is 5. The molecule has 0 aliphatic carbocycles. The van der Waals surface area contributed by atoms with Crippen LogP contribution in [0.5, 0.6) is 0 Å². The molecule has 1 unspecified atom stereocenters. The lowest BCUT2D eigenvalue weighted by Gasteiger charge is -2.08. The van der Waals surface area contributed by atoms with Gasteiger partial charge in [-0.25, -0.2) is 13.1 Å². The van der Waals surface area contributed by atoms with Crippen LogP contribution in [-0.2, 0) is 14.9 Å². The molecule has 1 atom stereocenters. The molecule has 0 saturated carbocycles. The van der Waals surface area contributed by atoms with Gasteiger partial charge in [0.15, 0.2) is 0 Å². The second kappa shape index (κ2) is 7.02. The van der Waals surface area contributed by atoms with Crippen LogP contribution >= 0.6 is 0 Å². The second-order valence-electron chi connectivity index (χ2n) is 4.28. The number of hydrogen-bond acceptors (Lipinski definition) is 6. The van der Waals surface area contributed by atoms with Gasteiger partial charge in [0.05, 0.1) is 4.90 Å². The molecular weight excluding hydrogens is 296 g/mol. The summed E-state index contributed by atoms with van der Waals surface area (Å²) in [5.41, 5.74) is 8.96. The summed E-state index contributed by atoms with van der Waals surface area (Å²) in [6, 6.07) is 6.22. The van der Waals surface area contributed by atoms with Crippen molar-refractivity contribution in [3.8, 4) is 0 Å². The highest BCUT2D eigenvalue weighted by Gasteiger charge is 2.18. The topological polar surface area (TPSA) is 129 Å². The highest BCUT2D eigenvalue weighted by atomic mass is 32.2. The molecule has 1 aliphatic heterocycles. The van der Waals surface area contributed by atoms with Gasteiger partial charge in [-0.3, -0.25) is 0 Å². The third kappa shape index (κ3) is 4.15. The molecule has 10 heteroatoms. The van der Waals surface area contributed by atoms with Gasteiger partial charge in [-0.05, 0) is 29.6 Å². The molecule has 0 saturated heterocycles. The Bertz CT molecular complexity index is 651. The van der Waals surface area contributed by atoms with Gasteiger partial charge in [-0.15, -0.1) is 5.11 Å². The van der Waals surface area contributed by atoms with Crippen LogP contribution in [0, 0.1) is 0 Å². The van der Waals surface area contributed by atoms with E-state index >= 15 is 0 Å². The maximum atomic E-state index is 12.0. The molecule has 0 aromatic heterocycles. The van der Waals surface area contributed by atoms with Crippen molar-refractivity contribution >= 4 is 10.0 Å². The van der Waals surface area contributed by atoms with Crippen LogP contribution in [0.2, 0.25) is 0 Å². The Morgan fingerprint density at radius 3 is 2.81 bits per heavy atom. The number of benzene rings is 1. The monoisotopic (exact) mass is 310 g/mol. The van der Waals surface area contributed by atoms with E-state index in [0.717, 1.165) is 5.56 Å². The normalized spacial score (nSPS) is 17.2. The van der Waals surface area contributed by atoms with E-state index in [-0.39, 0.29) is 24.0 Å². The molecule has 1 aromatic carbocycles. The van der Waals surface area contributed by atoms with Crippen molar-refractivity contribution < 1.29 is 13.3 Å². The van der Waals surface area contributed by atoms with Crippen LogP contribution in [0.3, 0.4) is 0 Å². The molecule has 0 radical (unpaired) electrons. The van der Waals surface area contributed by atoms with E-state index in [1.807, 2.05) is 0 Å². The van der Waals surface area contributed by atoms with Gasteiger partial charge in [-0.1, -0.05) is 17.2 Å². The molecule has 0 fully saturated rings. The summed E-state index contributed by atoms with van der Waals surface area (Å²) in [4.78, 5) is 7.56. The van der Waals surface area contributed by atoms with Crippen LogP contribution in [0.15, 0.2) is 44.7 Å². The molecule has 1 heterocycles. The summed E-state index contributed by atoms with van der Waals surface area (Å²) in [5.74, 6) is 0. The van der Waals surface area contributed by atoms with Crippen molar-refractivity contribution in [3.05, 3.63) is 40.3 Å². The summed E-state index contributed by atoms with van der Waals surface area (Å²) in [7, 11) is -3.56. The van der Waals surface area contributed by atoms with E-state index in [2.05, 4.69) is 25.1 Å².